The standard InChI is InChI=1S/C12H11F17NO5PS/c1-2-30(3-4-36(31,32)33)37(34,35)12(28,29)10(23,24)8(19,20)6(15,16)5(13,14)7(17,18)9(21,22)11(25,26)27/h2-4H2,1H3,(H2,31,32,33). The molecule has 0 aliphatic carbocycles. The fraction of sp³-hybridized carbons (Fsp3) is 1.00. The van der Waals surface area contributed by atoms with Crippen LogP contribution in [0.2, 0.25) is 0 Å². The number of sulfonamides is 1. The fourth-order valence-corrected chi connectivity index (χ4v) is 4.25. The summed E-state index contributed by atoms with van der Waals surface area (Å²) in [5.74, 6) is -52.3. The molecule has 0 spiro atoms. The highest BCUT2D eigenvalue weighted by molar-refractivity contribution is 7.90. The molecule has 0 unspecified atom stereocenters. The molecule has 0 atom stereocenters. The number of alkyl halides is 17. The highest BCUT2D eigenvalue weighted by Crippen LogP contribution is 2.64. The van der Waals surface area contributed by atoms with Crippen LogP contribution in [0.1, 0.15) is 6.92 Å². The van der Waals surface area contributed by atoms with E-state index >= 15 is 0 Å². The second-order valence-electron chi connectivity index (χ2n) is 6.85. The molecule has 0 rings (SSSR count). The van der Waals surface area contributed by atoms with Gasteiger partial charge in [-0.05, 0) is 0 Å². The zero-order valence-electron chi connectivity index (χ0n) is 17.0. The van der Waals surface area contributed by atoms with Crippen molar-refractivity contribution < 1.29 is 97.4 Å². The van der Waals surface area contributed by atoms with Crippen LogP contribution in [0.5, 0.6) is 0 Å². The van der Waals surface area contributed by atoms with Crippen LogP contribution in [0.25, 0.3) is 0 Å². The highest BCUT2D eigenvalue weighted by atomic mass is 32.2. The van der Waals surface area contributed by atoms with E-state index in [1.807, 2.05) is 0 Å². The lowest BCUT2D eigenvalue weighted by Crippen LogP contribution is -2.75. The van der Waals surface area contributed by atoms with Crippen molar-refractivity contribution in [2.75, 3.05) is 19.3 Å². The van der Waals surface area contributed by atoms with Crippen LogP contribution in [-0.4, -0.2) is 88.7 Å². The summed E-state index contributed by atoms with van der Waals surface area (Å²) < 4.78 is 258. The van der Waals surface area contributed by atoms with Gasteiger partial charge in [0.2, 0.25) is 0 Å². The third kappa shape index (κ3) is 5.23. The fourth-order valence-electron chi connectivity index (χ4n) is 2.16. The molecule has 0 aromatic carbocycles. The van der Waals surface area contributed by atoms with Crippen molar-refractivity contribution in [3.63, 3.8) is 0 Å². The van der Waals surface area contributed by atoms with E-state index in [0.717, 1.165) is 0 Å². The van der Waals surface area contributed by atoms with E-state index in [2.05, 4.69) is 0 Å². The van der Waals surface area contributed by atoms with Gasteiger partial charge in [-0.2, -0.15) is 78.9 Å². The summed E-state index contributed by atoms with van der Waals surface area (Å²) in [5, 5.41) is -7.77. The van der Waals surface area contributed by atoms with Gasteiger partial charge in [-0.1, -0.05) is 6.92 Å². The van der Waals surface area contributed by atoms with E-state index in [1.165, 1.54) is 0 Å². The molecule has 0 aromatic rings. The molecule has 2 N–H and O–H groups in total. The first-order valence-corrected chi connectivity index (χ1v) is 11.7. The van der Waals surface area contributed by atoms with Crippen LogP contribution in [0.3, 0.4) is 0 Å². The van der Waals surface area contributed by atoms with Crippen LogP contribution in [-0.2, 0) is 14.6 Å². The van der Waals surface area contributed by atoms with Crippen molar-refractivity contribution >= 4 is 17.6 Å². The number of nitrogens with zero attached hydrogens (tertiary/aromatic N) is 1. The molecule has 0 radical (unpaired) electrons. The van der Waals surface area contributed by atoms with Crippen LogP contribution in [0.15, 0.2) is 0 Å². The maximum atomic E-state index is 14.0. The molecule has 6 nitrogen and oxygen atoms in total. The van der Waals surface area contributed by atoms with Gasteiger partial charge in [0.1, 0.15) is 0 Å². The lowest BCUT2D eigenvalue weighted by atomic mass is 9.91. The van der Waals surface area contributed by atoms with Gasteiger partial charge >= 0.3 is 54.6 Å². The zero-order chi connectivity index (χ0) is 30.7. The van der Waals surface area contributed by atoms with E-state index < -0.39 is 88.1 Å². The Morgan fingerprint density at radius 1 is 0.622 bits per heavy atom. The number of halogens is 17. The molecule has 0 heterocycles. The van der Waals surface area contributed by atoms with E-state index in [9.17, 15) is 87.6 Å². The molecule has 0 amide bonds. The smallest absolute Gasteiger partial charge is 0.324 e. The average Bonchev–Trinajstić information content (AvgIpc) is 2.65. The minimum absolute atomic E-state index is 0.395. The van der Waals surface area contributed by atoms with Crippen molar-refractivity contribution in [1.29, 1.82) is 0 Å². The van der Waals surface area contributed by atoms with Gasteiger partial charge in [0.25, 0.3) is 10.0 Å². The number of hydrogen-bond acceptors (Lipinski definition) is 3. The Hall–Kier alpha value is -1.13. The van der Waals surface area contributed by atoms with Crippen molar-refractivity contribution in [3.05, 3.63) is 0 Å². The monoisotopic (exact) mass is 635 g/mol. The molecule has 0 saturated heterocycles. The largest absolute Gasteiger partial charge is 0.460 e. The lowest BCUT2D eigenvalue weighted by Gasteiger charge is -2.43. The molecule has 37 heavy (non-hydrogen) atoms. The van der Waals surface area contributed by atoms with Gasteiger partial charge in [0.05, 0.1) is 6.16 Å². The summed E-state index contributed by atoms with van der Waals surface area (Å²) in [6.07, 6.45) is -9.74. The van der Waals surface area contributed by atoms with Gasteiger partial charge in [-0.15, -0.1) is 0 Å². The Bertz CT molecular complexity index is 989. The second kappa shape index (κ2) is 9.51. The summed E-state index contributed by atoms with van der Waals surface area (Å²) in [5.41, 5.74) is 0. The molecule has 25 heteroatoms. The Balaban J connectivity index is 6.97. The SMILES string of the molecule is CCN(CCP(=O)(O)O)S(=O)(=O)C(F)(F)C(F)(F)C(F)(F)C(F)(F)C(F)(F)C(F)(F)C(F)(F)C(F)(F)F. The molecule has 0 bridgehead atoms. The lowest BCUT2D eigenvalue weighted by molar-refractivity contribution is -0.458. The number of hydrogen-bond donors (Lipinski definition) is 2. The zero-order valence-corrected chi connectivity index (χ0v) is 18.7. The van der Waals surface area contributed by atoms with Crippen molar-refractivity contribution in [3.8, 4) is 0 Å². The molecular formula is C12H11F17NO5PS. The Kier molecular flexibility index (Phi) is 9.22. The second-order valence-corrected chi connectivity index (χ2v) is 10.6. The van der Waals surface area contributed by atoms with E-state index in [-0.39, 0.29) is 0 Å². The predicted octanol–water partition coefficient (Wildman–Crippen LogP) is 4.78. The maximum Gasteiger partial charge on any atom is 0.460 e. The first kappa shape index (κ1) is 35.9. The average molecular weight is 635 g/mol. The molecule has 0 fully saturated rings. The van der Waals surface area contributed by atoms with Crippen LogP contribution in [0.4, 0.5) is 74.6 Å². The van der Waals surface area contributed by atoms with E-state index in [4.69, 9.17) is 9.79 Å². The summed E-state index contributed by atoms with van der Waals surface area (Å²) in [7, 11) is -13.0. The summed E-state index contributed by atoms with van der Waals surface area (Å²) >= 11 is 0. The van der Waals surface area contributed by atoms with Crippen molar-refractivity contribution in [2.45, 2.75) is 53.9 Å². The highest BCUT2D eigenvalue weighted by Gasteiger charge is 2.96. The molecule has 224 valence electrons. The molecular weight excluding hydrogens is 624 g/mol. The maximum absolute atomic E-state index is 14.0. The minimum atomic E-state index is -8.95. The topological polar surface area (TPSA) is 94.9 Å². The predicted molar refractivity (Wildman–Crippen MR) is 83.8 cm³/mol. The Labute approximate surface area is 193 Å². The van der Waals surface area contributed by atoms with Gasteiger partial charge in [-0.3, -0.25) is 4.57 Å². The first-order valence-electron chi connectivity index (χ1n) is 8.42. The molecule has 0 aromatic heterocycles. The third-order valence-corrected chi connectivity index (χ3v) is 7.16. The van der Waals surface area contributed by atoms with Crippen molar-refractivity contribution in [2.24, 2.45) is 0 Å². The minimum Gasteiger partial charge on any atom is -0.324 e. The molecule has 0 aliphatic rings. The number of rotatable bonds is 12. The van der Waals surface area contributed by atoms with Crippen LogP contribution in [0, 0.1) is 0 Å². The Morgan fingerprint density at radius 2 is 0.919 bits per heavy atom. The first-order chi connectivity index (χ1) is 15.7. The van der Waals surface area contributed by atoms with Gasteiger partial charge in [-0.25, -0.2) is 8.42 Å². The summed E-state index contributed by atoms with van der Waals surface area (Å²) in [6, 6.07) is 0. The summed E-state index contributed by atoms with van der Waals surface area (Å²) in [4.78, 5) is 17.1. The van der Waals surface area contributed by atoms with E-state index in [0.29, 0.717) is 6.92 Å². The van der Waals surface area contributed by atoms with Crippen LogP contribution < -0.4 is 0 Å². The third-order valence-electron chi connectivity index (χ3n) is 4.35. The Morgan fingerprint density at radius 3 is 1.19 bits per heavy atom. The summed E-state index contributed by atoms with van der Waals surface area (Å²) in [6.45, 7) is -3.13. The normalized spacial score (nSPS) is 16.5. The van der Waals surface area contributed by atoms with E-state index in [1.54, 1.807) is 0 Å². The van der Waals surface area contributed by atoms with Gasteiger partial charge in [0.15, 0.2) is 0 Å². The molecule has 0 saturated carbocycles. The molecule has 0 aliphatic heterocycles. The quantitative estimate of drug-likeness (QED) is 0.238. The van der Waals surface area contributed by atoms with Crippen LogP contribution >= 0.6 is 7.60 Å². The van der Waals surface area contributed by atoms with Crippen molar-refractivity contribution in [1.82, 2.24) is 4.31 Å². The van der Waals surface area contributed by atoms with Gasteiger partial charge in [0, 0.05) is 13.1 Å². The van der Waals surface area contributed by atoms with Gasteiger partial charge < -0.3 is 9.79 Å².